The Bertz CT molecular complexity index is 559. The Morgan fingerprint density at radius 1 is 1.33 bits per heavy atom. The molecular formula is C14H13BrFNO. The summed E-state index contributed by atoms with van der Waals surface area (Å²) in [5.41, 5.74) is 2.57. The zero-order chi connectivity index (χ0) is 13.1. The van der Waals surface area contributed by atoms with Crippen LogP contribution in [0.2, 0.25) is 0 Å². The van der Waals surface area contributed by atoms with Gasteiger partial charge in [-0.25, -0.2) is 4.39 Å². The Balaban J connectivity index is 2.16. The van der Waals surface area contributed by atoms with Crippen LogP contribution in [0.5, 0.6) is 0 Å². The van der Waals surface area contributed by atoms with E-state index in [2.05, 4.69) is 20.9 Å². The van der Waals surface area contributed by atoms with Crippen molar-refractivity contribution in [3.8, 4) is 0 Å². The molecule has 0 saturated heterocycles. The Hall–Kier alpha value is -1.26. The van der Waals surface area contributed by atoms with Gasteiger partial charge in [-0.3, -0.25) is 4.98 Å². The normalized spacial score (nSPS) is 12.4. The predicted molar refractivity (Wildman–Crippen MR) is 71.7 cm³/mol. The maximum Gasteiger partial charge on any atom is 0.137 e. The quantitative estimate of drug-likeness (QED) is 0.940. The summed E-state index contributed by atoms with van der Waals surface area (Å²) in [7, 11) is 0. The van der Waals surface area contributed by atoms with Crippen molar-refractivity contribution in [2.24, 2.45) is 0 Å². The topological polar surface area (TPSA) is 33.1 Å². The lowest BCUT2D eigenvalue weighted by Crippen LogP contribution is -2.03. The number of aryl methyl sites for hydroxylation is 1. The van der Waals surface area contributed by atoms with Crippen LogP contribution in [0.3, 0.4) is 0 Å². The third kappa shape index (κ3) is 3.15. The van der Waals surface area contributed by atoms with Crippen LogP contribution >= 0.6 is 15.9 Å². The van der Waals surface area contributed by atoms with Crippen molar-refractivity contribution in [1.82, 2.24) is 4.98 Å². The van der Waals surface area contributed by atoms with Gasteiger partial charge in [-0.1, -0.05) is 6.07 Å². The van der Waals surface area contributed by atoms with Crippen LogP contribution in [0.15, 0.2) is 41.0 Å². The third-order valence-corrected chi connectivity index (χ3v) is 3.33. The lowest BCUT2D eigenvalue weighted by molar-refractivity contribution is 0.178. The molecule has 0 fully saturated rings. The molecule has 1 atom stereocenters. The molecule has 0 aliphatic rings. The molecule has 2 nitrogen and oxygen atoms in total. The number of halogens is 2. The molecule has 1 unspecified atom stereocenters. The molecule has 2 rings (SSSR count). The minimum Gasteiger partial charge on any atom is -0.388 e. The summed E-state index contributed by atoms with van der Waals surface area (Å²) in [6, 6.07) is 8.40. The molecule has 1 aromatic carbocycles. The number of pyridine rings is 1. The second-order valence-corrected chi connectivity index (χ2v) is 5.05. The van der Waals surface area contributed by atoms with Crippen LogP contribution in [-0.4, -0.2) is 10.1 Å². The molecule has 18 heavy (non-hydrogen) atoms. The van der Waals surface area contributed by atoms with Gasteiger partial charge >= 0.3 is 0 Å². The van der Waals surface area contributed by atoms with Crippen molar-refractivity contribution in [2.75, 3.05) is 0 Å². The van der Waals surface area contributed by atoms with E-state index < -0.39 is 6.10 Å². The van der Waals surface area contributed by atoms with E-state index in [1.165, 1.54) is 6.07 Å². The predicted octanol–water partition coefficient (Wildman–Crippen LogP) is 3.57. The highest BCUT2D eigenvalue weighted by molar-refractivity contribution is 9.10. The lowest BCUT2D eigenvalue weighted by Gasteiger charge is -2.12. The van der Waals surface area contributed by atoms with Gasteiger partial charge in [-0.15, -0.1) is 0 Å². The van der Waals surface area contributed by atoms with Crippen LogP contribution in [0.4, 0.5) is 4.39 Å². The summed E-state index contributed by atoms with van der Waals surface area (Å²) in [4.78, 5) is 4.09. The molecule has 0 spiro atoms. The average Bonchev–Trinajstić information content (AvgIpc) is 2.34. The van der Waals surface area contributed by atoms with Gasteiger partial charge in [-0.2, -0.15) is 0 Å². The molecule has 0 saturated carbocycles. The summed E-state index contributed by atoms with van der Waals surface area (Å²) < 4.78 is 13.5. The summed E-state index contributed by atoms with van der Waals surface area (Å²) >= 11 is 3.14. The SMILES string of the molecule is Cc1cc(C(O)Cc2ccc(F)c(Br)c2)ccn1. The monoisotopic (exact) mass is 309 g/mol. The van der Waals surface area contributed by atoms with E-state index in [1.807, 2.05) is 13.0 Å². The van der Waals surface area contributed by atoms with Gasteiger partial charge in [0.25, 0.3) is 0 Å². The summed E-state index contributed by atoms with van der Waals surface area (Å²) in [6.07, 6.45) is 1.51. The second kappa shape index (κ2) is 5.59. The highest BCUT2D eigenvalue weighted by atomic mass is 79.9. The molecule has 0 aliphatic carbocycles. The molecule has 94 valence electrons. The first-order valence-electron chi connectivity index (χ1n) is 5.61. The van der Waals surface area contributed by atoms with Crippen molar-refractivity contribution in [2.45, 2.75) is 19.4 Å². The highest BCUT2D eigenvalue weighted by Crippen LogP contribution is 2.22. The van der Waals surface area contributed by atoms with Crippen molar-refractivity contribution in [1.29, 1.82) is 0 Å². The van der Waals surface area contributed by atoms with Crippen molar-refractivity contribution in [3.63, 3.8) is 0 Å². The van der Waals surface area contributed by atoms with Gasteiger partial charge in [-0.05, 0) is 58.2 Å². The number of hydrogen-bond donors (Lipinski definition) is 1. The first-order valence-corrected chi connectivity index (χ1v) is 6.40. The first kappa shape index (κ1) is 13.2. The van der Waals surface area contributed by atoms with E-state index in [4.69, 9.17) is 0 Å². The van der Waals surface area contributed by atoms with Gasteiger partial charge in [0.05, 0.1) is 10.6 Å². The molecule has 1 heterocycles. The standard InChI is InChI=1S/C14H13BrFNO/c1-9-6-11(4-5-17-9)14(18)8-10-2-3-13(16)12(15)7-10/h2-7,14,18H,8H2,1H3. The molecule has 1 aromatic heterocycles. The zero-order valence-electron chi connectivity index (χ0n) is 9.90. The number of aromatic nitrogens is 1. The van der Waals surface area contributed by atoms with Crippen molar-refractivity contribution < 1.29 is 9.50 Å². The molecule has 0 amide bonds. The van der Waals surface area contributed by atoms with Crippen LogP contribution in [0, 0.1) is 12.7 Å². The molecule has 0 radical (unpaired) electrons. The number of rotatable bonds is 3. The number of aliphatic hydroxyl groups is 1. The Morgan fingerprint density at radius 2 is 2.11 bits per heavy atom. The zero-order valence-corrected chi connectivity index (χ0v) is 11.5. The summed E-state index contributed by atoms with van der Waals surface area (Å²) in [5, 5.41) is 10.1. The van der Waals surface area contributed by atoms with E-state index in [1.54, 1.807) is 24.4 Å². The van der Waals surface area contributed by atoms with E-state index in [-0.39, 0.29) is 5.82 Å². The Morgan fingerprint density at radius 3 is 2.78 bits per heavy atom. The molecule has 2 aromatic rings. The maximum atomic E-state index is 13.1. The number of aliphatic hydroxyl groups excluding tert-OH is 1. The van der Waals surface area contributed by atoms with Gasteiger partial charge in [0.15, 0.2) is 0 Å². The largest absolute Gasteiger partial charge is 0.388 e. The Labute approximate surface area is 114 Å². The van der Waals surface area contributed by atoms with Crippen molar-refractivity contribution >= 4 is 15.9 Å². The summed E-state index contributed by atoms with van der Waals surface area (Å²) in [5.74, 6) is -0.298. The Kier molecular flexibility index (Phi) is 4.09. The number of benzene rings is 1. The summed E-state index contributed by atoms with van der Waals surface area (Å²) in [6.45, 7) is 1.88. The smallest absolute Gasteiger partial charge is 0.137 e. The van der Waals surface area contributed by atoms with E-state index in [9.17, 15) is 9.50 Å². The fraction of sp³-hybridized carbons (Fsp3) is 0.214. The molecule has 1 N–H and O–H groups in total. The van der Waals surface area contributed by atoms with Gasteiger partial charge < -0.3 is 5.11 Å². The highest BCUT2D eigenvalue weighted by Gasteiger charge is 2.10. The minimum atomic E-state index is -0.607. The van der Waals surface area contributed by atoms with E-state index in [0.29, 0.717) is 10.9 Å². The van der Waals surface area contributed by atoms with Crippen LogP contribution in [0.1, 0.15) is 22.9 Å². The van der Waals surface area contributed by atoms with Gasteiger partial charge in [0.2, 0.25) is 0 Å². The number of hydrogen-bond acceptors (Lipinski definition) is 2. The molecule has 4 heteroatoms. The van der Waals surface area contributed by atoms with Crippen LogP contribution in [0.25, 0.3) is 0 Å². The number of nitrogens with zero attached hydrogens (tertiary/aromatic N) is 1. The first-order chi connectivity index (χ1) is 8.56. The molecular weight excluding hydrogens is 297 g/mol. The fourth-order valence-corrected chi connectivity index (χ4v) is 2.21. The lowest BCUT2D eigenvalue weighted by atomic mass is 10.0. The molecule has 0 aliphatic heterocycles. The molecule has 0 bridgehead atoms. The van der Waals surface area contributed by atoms with Gasteiger partial charge in [0.1, 0.15) is 5.82 Å². The van der Waals surface area contributed by atoms with E-state index in [0.717, 1.165) is 16.8 Å². The average molecular weight is 310 g/mol. The van der Waals surface area contributed by atoms with E-state index >= 15 is 0 Å². The minimum absolute atomic E-state index is 0.298. The van der Waals surface area contributed by atoms with Crippen molar-refractivity contribution in [3.05, 3.63) is 63.6 Å². The fourth-order valence-electron chi connectivity index (χ4n) is 1.78. The van der Waals surface area contributed by atoms with Crippen LogP contribution in [-0.2, 0) is 6.42 Å². The van der Waals surface area contributed by atoms with Crippen LogP contribution < -0.4 is 0 Å². The third-order valence-electron chi connectivity index (χ3n) is 2.72. The van der Waals surface area contributed by atoms with Gasteiger partial charge in [0, 0.05) is 18.3 Å². The maximum absolute atomic E-state index is 13.1. The second-order valence-electron chi connectivity index (χ2n) is 4.20.